The van der Waals surface area contributed by atoms with Crippen molar-refractivity contribution in [2.75, 3.05) is 63.1 Å². The van der Waals surface area contributed by atoms with Gasteiger partial charge in [0.15, 0.2) is 35.0 Å². The molecular weight excluding hydrogens is 1650 g/mol. The van der Waals surface area contributed by atoms with E-state index in [2.05, 4.69) is 154 Å². The second kappa shape index (κ2) is 50.4. The van der Waals surface area contributed by atoms with Gasteiger partial charge < -0.3 is 115 Å². The van der Waals surface area contributed by atoms with Gasteiger partial charge >= 0.3 is 41.9 Å². The maximum Gasteiger partial charge on any atom is 0.354 e. The second-order valence-electron chi connectivity index (χ2n) is 24.9. The lowest BCUT2D eigenvalue weighted by molar-refractivity contribution is -0.143. The first-order valence-corrected chi connectivity index (χ1v) is 35.9. The van der Waals surface area contributed by atoms with Crippen LogP contribution in [0.3, 0.4) is 0 Å². The maximum absolute atomic E-state index is 12.7. The third kappa shape index (κ3) is 32.4. The number of hydrogen-bond donors (Lipinski definition) is 19. The molecule has 56 nitrogen and oxygen atoms in total. The summed E-state index contributed by atoms with van der Waals surface area (Å²) in [5.74, 6) is -5.33. The van der Waals surface area contributed by atoms with Crippen LogP contribution in [0.4, 0.5) is 32.3 Å². The highest BCUT2D eigenvalue weighted by Gasteiger charge is 2.29. The van der Waals surface area contributed by atoms with Crippen LogP contribution in [0.15, 0.2) is 106 Å². The summed E-state index contributed by atoms with van der Waals surface area (Å²) in [5.41, 5.74) is 28.3. The van der Waals surface area contributed by atoms with Gasteiger partial charge in [0, 0.05) is 25.7 Å². The van der Waals surface area contributed by atoms with Gasteiger partial charge in [0.1, 0.15) is 101 Å². The predicted octanol–water partition coefficient (Wildman–Crippen LogP) is -1.94. The summed E-state index contributed by atoms with van der Waals surface area (Å²) in [6.07, 6.45) is 6.86. The Morgan fingerprint density at radius 1 is 0.504 bits per heavy atom. The molecule has 8 aromatic rings. The van der Waals surface area contributed by atoms with Gasteiger partial charge in [-0.25, -0.2) is 92.4 Å². The molecule has 24 N–H and O–H groups in total. The lowest BCUT2D eigenvalue weighted by Crippen LogP contribution is -2.42. The lowest BCUT2D eigenvalue weighted by atomic mass is 10.1. The van der Waals surface area contributed by atoms with Crippen LogP contribution in [0.1, 0.15) is 111 Å². The number of dihydropyridines is 2. The van der Waals surface area contributed by atoms with Crippen molar-refractivity contribution < 1.29 is 82.6 Å². The number of anilines is 4. The molecule has 8 aromatic heterocycles. The number of aromatic carboxylic acids is 1. The minimum Gasteiger partial charge on any atom is -0.510 e. The van der Waals surface area contributed by atoms with E-state index in [4.69, 9.17) is 73.8 Å². The minimum absolute atomic E-state index is 0. The number of hydrogen-bond acceptors (Lipinski definition) is 38. The van der Waals surface area contributed by atoms with Gasteiger partial charge in [-0.1, -0.05) is 12.6 Å². The number of methoxy groups -OCH3 is 3. The van der Waals surface area contributed by atoms with E-state index in [0.29, 0.717) is 80.1 Å². The SMILES string of the molecule is C.N=C1N=C(N)CC(O)=C1NC(=O)Nc1ccc(C(=O)N[C@@H](CCc2nn[nH]n2)C(=O)O)nc1.Nc1ccc(C(=O)O)nc1.[C-]#[N+]CCn1nnnc1CC[C@H](N)C(=O)OC.[C-]#[N+]CCn1nnnc1CC[C@H](NC(=O)c1ccc(N)cn1)C(=O)OC.[C-]#[N+]CCn1nnnc1CC[C@H](NC(=O)c1ccc(NC(=O)NC2=C(O)CC(N)=NC2=N)cn1)C(=O)OC. The first-order chi connectivity index (χ1) is 59.4. The number of tetrazole rings is 4. The van der Waals surface area contributed by atoms with Gasteiger partial charge in [0.2, 0.25) is 19.6 Å². The molecular formula is C69H85N39O17. The molecule has 4 atom stereocenters. The summed E-state index contributed by atoms with van der Waals surface area (Å²) in [4.78, 5) is 151. The fourth-order valence-corrected chi connectivity index (χ4v) is 9.92. The number of ether oxygens (including phenoxy) is 3. The Morgan fingerprint density at radius 2 is 0.872 bits per heavy atom. The molecule has 2 aliphatic heterocycles. The molecule has 10 heterocycles. The highest BCUT2D eigenvalue weighted by atomic mass is 16.5. The number of esters is 3. The van der Waals surface area contributed by atoms with Crippen LogP contribution in [0.2, 0.25) is 0 Å². The lowest BCUT2D eigenvalue weighted by Gasteiger charge is -2.17. The number of pyridine rings is 4. The number of aromatic nitrogens is 20. The quantitative estimate of drug-likeness (QED) is 0.0121. The van der Waals surface area contributed by atoms with Crippen LogP contribution in [-0.2, 0) is 78.7 Å². The molecule has 7 amide bonds. The molecule has 56 heteroatoms. The van der Waals surface area contributed by atoms with E-state index in [9.17, 15) is 63.3 Å². The third-order valence-electron chi connectivity index (χ3n) is 16.1. The van der Waals surface area contributed by atoms with Crippen molar-refractivity contribution in [3.8, 4) is 0 Å². The third-order valence-corrected chi connectivity index (χ3v) is 16.1. The Labute approximate surface area is 706 Å². The molecule has 0 saturated carbocycles. The zero-order valence-corrected chi connectivity index (χ0v) is 65.8. The number of H-pyrrole nitrogens is 1. The number of carboxylic acid groups (broad SMARTS) is 2. The van der Waals surface area contributed by atoms with Gasteiger partial charge in [-0.2, -0.15) is 5.21 Å². The van der Waals surface area contributed by atoms with E-state index in [1.165, 1.54) is 97.9 Å². The average Bonchev–Trinajstić information content (AvgIpc) is 1.54. The highest BCUT2D eigenvalue weighted by Crippen LogP contribution is 2.17. The van der Waals surface area contributed by atoms with Crippen molar-refractivity contribution >= 4 is 106 Å². The van der Waals surface area contributed by atoms with Crippen LogP contribution >= 0.6 is 0 Å². The topological polar surface area (TPSA) is 816 Å². The number of rotatable bonds is 33. The molecule has 0 unspecified atom stereocenters. The summed E-state index contributed by atoms with van der Waals surface area (Å²) >= 11 is 0. The zero-order valence-electron chi connectivity index (χ0n) is 65.8. The number of amidine groups is 4. The number of aromatic amines is 1. The molecule has 10 rings (SSSR count). The van der Waals surface area contributed by atoms with Crippen LogP contribution in [-0.4, -0.2) is 270 Å². The summed E-state index contributed by atoms with van der Waals surface area (Å²) in [7, 11) is 3.72. The molecule has 0 saturated heterocycles. The Kier molecular flexibility index (Phi) is 39.5. The van der Waals surface area contributed by atoms with E-state index in [0.717, 1.165) is 0 Å². The van der Waals surface area contributed by atoms with Gasteiger partial charge in [0.25, 0.3) is 17.7 Å². The summed E-state index contributed by atoms with van der Waals surface area (Å²) in [6.45, 7) is 22.3. The van der Waals surface area contributed by atoms with Crippen LogP contribution < -0.4 is 65.9 Å². The summed E-state index contributed by atoms with van der Waals surface area (Å²) in [5, 5.41) is 117. The van der Waals surface area contributed by atoms with E-state index in [-0.39, 0.29) is 134 Å². The number of aliphatic imine (C=N–C) groups is 2. The number of aliphatic hydroxyl groups is 2. The Bertz CT molecular complexity index is 5320. The number of nitrogen functional groups attached to an aromatic ring is 2. The normalized spacial score (nSPS) is 12.6. The van der Waals surface area contributed by atoms with Crippen LogP contribution in [0.25, 0.3) is 14.5 Å². The largest absolute Gasteiger partial charge is 0.510 e. The number of aliphatic hydroxyl groups excluding tert-OH is 2. The number of nitrogens with two attached hydrogens (primary N) is 5. The molecule has 125 heavy (non-hydrogen) atoms. The van der Waals surface area contributed by atoms with Gasteiger partial charge in [-0.05, 0) is 105 Å². The molecule has 0 spiro atoms. The van der Waals surface area contributed by atoms with Crippen molar-refractivity contribution in [1.82, 2.24) is 128 Å². The van der Waals surface area contributed by atoms with Crippen molar-refractivity contribution in [2.24, 2.45) is 27.2 Å². The first kappa shape index (κ1) is 98.1. The Balaban J connectivity index is 0.000000292. The molecule has 658 valence electrons. The van der Waals surface area contributed by atoms with E-state index < -0.39 is 95.5 Å². The van der Waals surface area contributed by atoms with E-state index in [1.54, 1.807) is 10.7 Å². The molecule has 0 aliphatic carbocycles. The minimum atomic E-state index is -1.24. The van der Waals surface area contributed by atoms with Crippen molar-refractivity contribution in [2.45, 2.75) is 115 Å². The van der Waals surface area contributed by atoms with Gasteiger partial charge in [-0.3, -0.25) is 30.0 Å². The molecule has 0 fully saturated rings. The number of carboxylic acids is 2. The van der Waals surface area contributed by atoms with Crippen molar-refractivity contribution in [1.29, 1.82) is 10.8 Å². The molecule has 0 radical (unpaired) electrons. The fourth-order valence-electron chi connectivity index (χ4n) is 9.92. The first-order valence-electron chi connectivity index (χ1n) is 35.9. The smallest absolute Gasteiger partial charge is 0.354 e. The number of aryl methyl sites for hydroxylation is 4. The number of nitrogens with one attached hydrogen (secondary N) is 10. The Morgan fingerprint density at radius 3 is 1.20 bits per heavy atom. The number of carbonyl (C=O) groups excluding carboxylic acids is 8. The van der Waals surface area contributed by atoms with Crippen LogP contribution in [0.5, 0.6) is 0 Å². The standard InChI is InChI=1S/C21H24N12O5.C17H19N11O5.C15H18N8O3.C9H14N6O2.C6H6N2O2.CH4/c1-24-7-8-33-16(30-31-32-33)6-5-13(20(36)38-2)27-19(35)12-4-3-11(10-25-12)26-21(37)29-17-14(34)9-15(22)28-18(17)23;18-11-5-10(29)13(14(19)23-11)24-17(33)21-7-1-2-8(20-6-7)15(30)22-9(16(31)32)3-4-12-25-27-28-26-12;1-17-7-8-23-13(20-21-22-23)6-5-12(15(25)26-2)19-14(24)11-4-3-10(16)9-18-11;1-11-5-6-15-8(12-13-14-15)4-3-7(10)9(16)17-2;7-4-1-2-5(6(9)10)8-3-4;/h3-4,10,13,34H,5-9H2,2H3,(H,27,35)(H3,22,23,28)(H2,26,29,37);1-2,6,9,29H,3-5H2,(H,22,30)(H,31,32)(H3,18,19,23)(H2,21,24,33)(H,25,26,27,28);3-4,9,12H,5-8,16H2,2H3,(H,19,24);7H,3-6,10H2,2H3;1-3H,7H2,(H,9,10);1H4/t13-;9-;12-;7-;;/m0000../s1. The highest BCUT2D eigenvalue weighted by molar-refractivity contribution is 6.11. The number of aliphatic carboxylic acids is 1. The zero-order chi connectivity index (χ0) is 90.8. The molecule has 2 aliphatic rings. The predicted molar refractivity (Wildman–Crippen MR) is 432 cm³/mol. The summed E-state index contributed by atoms with van der Waals surface area (Å²) in [6, 6.07) is 5.88. The van der Waals surface area contributed by atoms with E-state index >= 15 is 0 Å². The van der Waals surface area contributed by atoms with Gasteiger partial charge in [-0.15, -0.1) is 25.5 Å². The van der Waals surface area contributed by atoms with Crippen molar-refractivity contribution in [3.05, 3.63) is 177 Å². The monoisotopic (exact) mass is 1730 g/mol. The number of carbonyl (C=O) groups is 10. The average molecular weight is 1730 g/mol. The summed E-state index contributed by atoms with van der Waals surface area (Å²) < 4.78 is 18.5. The molecule has 0 bridgehead atoms. The number of nitrogens with zero attached hydrogens (tertiary/aromatic N) is 24. The van der Waals surface area contributed by atoms with Crippen molar-refractivity contribution in [3.63, 3.8) is 0 Å². The number of amides is 7. The van der Waals surface area contributed by atoms with Crippen LogP contribution in [0, 0.1) is 30.5 Å². The maximum atomic E-state index is 12.7. The number of urea groups is 2. The van der Waals surface area contributed by atoms with Gasteiger partial charge in [0.05, 0.1) is 81.7 Å². The Hall–Kier alpha value is -17.4. The molecule has 0 aromatic carbocycles. The second-order valence-corrected chi connectivity index (χ2v) is 24.9. The van der Waals surface area contributed by atoms with E-state index in [1.807, 2.05) is 0 Å². The fraction of sp³-hybridized carbons (Fsp3) is 0.348.